The van der Waals surface area contributed by atoms with E-state index in [0.29, 0.717) is 24.9 Å². The summed E-state index contributed by atoms with van der Waals surface area (Å²) in [4.78, 5) is 24.6. The van der Waals surface area contributed by atoms with Crippen molar-refractivity contribution in [3.05, 3.63) is 0 Å². The van der Waals surface area contributed by atoms with Crippen LogP contribution in [0.3, 0.4) is 0 Å². The van der Waals surface area contributed by atoms with Crippen molar-refractivity contribution in [3.63, 3.8) is 0 Å². The molecule has 0 atom stereocenters. The molecule has 0 heterocycles. The number of carboxylic acid groups (broad SMARTS) is 1. The number of aliphatic carboxylic acids is 1. The first-order chi connectivity index (χ1) is 9.66. The van der Waals surface area contributed by atoms with E-state index in [-0.39, 0.29) is 12.5 Å². The number of urea groups is 1. The highest BCUT2D eigenvalue weighted by Crippen LogP contribution is 2.31. The molecule has 114 valence electrons. The lowest BCUT2D eigenvalue weighted by molar-refractivity contribution is -0.137. The van der Waals surface area contributed by atoms with Crippen LogP contribution in [0.1, 0.15) is 57.8 Å². The normalized spacial score (nSPS) is 19.6. The fraction of sp³-hybridized carbons (Fsp3) is 0.867. The second kappa shape index (κ2) is 7.50. The van der Waals surface area contributed by atoms with Crippen molar-refractivity contribution in [1.82, 2.24) is 10.2 Å². The fourth-order valence-electron chi connectivity index (χ4n) is 2.97. The Bertz CT molecular complexity index is 336. The van der Waals surface area contributed by atoms with Gasteiger partial charge in [-0.15, -0.1) is 0 Å². The first-order valence-corrected chi connectivity index (χ1v) is 7.93. The molecule has 0 spiro atoms. The minimum absolute atomic E-state index is 0.00321. The summed E-state index contributed by atoms with van der Waals surface area (Å²) in [6, 6.07) is 0.430. The van der Waals surface area contributed by atoms with E-state index in [2.05, 4.69) is 5.32 Å². The molecule has 0 aromatic rings. The van der Waals surface area contributed by atoms with Crippen LogP contribution in [0.25, 0.3) is 0 Å². The lowest BCUT2D eigenvalue weighted by atomic mass is 9.89. The molecule has 0 bridgehead atoms. The van der Waals surface area contributed by atoms with E-state index in [1.165, 1.54) is 32.1 Å². The highest BCUT2D eigenvalue weighted by atomic mass is 16.4. The number of carboxylic acids is 1. The molecule has 0 radical (unpaired) electrons. The van der Waals surface area contributed by atoms with Crippen molar-refractivity contribution in [2.75, 3.05) is 13.1 Å². The zero-order valence-corrected chi connectivity index (χ0v) is 12.1. The average molecular weight is 282 g/mol. The van der Waals surface area contributed by atoms with Gasteiger partial charge in [0.2, 0.25) is 0 Å². The molecule has 0 aliphatic heterocycles. The highest BCUT2D eigenvalue weighted by Gasteiger charge is 2.34. The number of amides is 2. The molecule has 20 heavy (non-hydrogen) atoms. The van der Waals surface area contributed by atoms with Gasteiger partial charge in [0, 0.05) is 25.6 Å². The van der Waals surface area contributed by atoms with Crippen LogP contribution in [0.4, 0.5) is 4.79 Å². The van der Waals surface area contributed by atoms with Crippen LogP contribution in [0, 0.1) is 5.92 Å². The number of carbonyl (C=O) groups is 2. The Balaban J connectivity index is 1.72. The Kier molecular flexibility index (Phi) is 5.68. The maximum absolute atomic E-state index is 12.2. The van der Waals surface area contributed by atoms with Gasteiger partial charge >= 0.3 is 12.0 Å². The maximum Gasteiger partial charge on any atom is 0.317 e. The zero-order valence-electron chi connectivity index (χ0n) is 12.1. The molecule has 2 aliphatic carbocycles. The van der Waals surface area contributed by atoms with Gasteiger partial charge in [-0.1, -0.05) is 19.3 Å². The highest BCUT2D eigenvalue weighted by molar-refractivity contribution is 5.75. The van der Waals surface area contributed by atoms with Crippen LogP contribution in [0.15, 0.2) is 0 Å². The predicted octanol–water partition coefficient (Wildman–Crippen LogP) is 2.61. The first-order valence-electron chi connectivity index (χ1n) is 7.93. The largest absolute Gasteiger partial charge is 0.481 e. The summed E-state index contributed by atoms with van der Waals surface area (Å²) in [5, 5.41) is 11.5. The third-order valence-electron chi connectivity index (χ3n) is 4.27. The summed E-state index contributed by atoms with van der Waals surface area (Å²) in [6.45, 7) is 1.34. The molecule has 2 rings (SSSR count). The van der Waals surface area contributed by atoms with Crippen LogP contribution in [0.2, 0.25) is 0 Å². The Labute approximate surface area is 120 Å². The Hall–Kier alpha value is -1.26. The average Bonchev–Trinajstić information content (AvgIpc) is 3.26. The van der Waals surface area contributed by atoms with Gasteiger partial charge in [-0.2, -0.15) is 0 Å². The molecule has 2 fully saturated rings. The number of hydrogen-bond donors (Lipinski definition) is 2. The Morgan fingerprint density at radius 2 is 1.80 bits per heavy atom. The van der Waals surface area contributed by atoms with Crippen LogP contribution in [-0.2, 0) is 4.79 Å². The van der Waals surface area contributed by atoms with E-state index < -0.39 is 5.97 Å². The predicted molar refractivity (Wildman–Crippen MR) is 76.6 cm³/mol. The van der Waals surface area contributed by atoms with Crippen molar-refractivity contribution >= 4 is 12.0 Å². The monoisotopic (exact) mass is 282 g/mol. The molecule has 2 saturated carbocycles. The standard InChI is InChI=1S/C15H26N2O3/c18-14(19)7-4-10-16-15(20)17(13-8-9-13)11-12-5-2-1-3-6-12/h12-13H,1-11H2,(H,16,20)(H,18,19). The van der Waals surface area contributed by atoms with Gasteiger partial charge in [-0.25, -0.2) is 4.79 Å². The lowest BCUT2D eigenvalue weighted by Gasteiger charge is -2.30. The van der Waals surface area contributed by atoms with Gasteiger partial charge in [0.1, 0.15) is 0 Å². The molecule has 0 unspecified atom stereocenters. The van der Waals surface area contributed by atoms with E-state index in [4.69, 9.17) is 5.11 Å². The molecular formula is C15H26N2O3. The second-order valence-electron chi connectivity index (χ2n) is 6.12. The van der Waals surface area contributed by atoms with Gasteiger partial charge < -0.3 is 15.3 Å². The second-order valence-corrected chi connectivity index (χ2v) is 6.12. The summed E-state index contributed by atoms with van der Waals surface area (Å²) in [5.41, 5.74) is 0. The fourth-order valence-corrected chi connectivity index (χ4v) is 2.97. The molecule has 0 saturated heterocycles. The van der Waals surface area contributed by atoms with Gasteiger partial charge in [0.05, 0.1) is 0 Å². The minimum atomic E-state index is -0.805. The third-order valence-corrected chi connectivity index (χ3v) is 4.27. The summed E-state index contributed by atoms with van der Waals surface area (Å²) in [5.74, 6) is -0.144. The van der Waals surface area contributed by atoms with Crippen molar-refractivity contribution in [3.8, 4) is 0 Å². The van der Waals surface area contributed by atoms with Crippen LogP contribution in [-0.4, -0.2) is 41.1 Å². The molecule has 5 heteroatoms. The molecular weight excluding hydrogens is 256 g/mol. The van der Waals surface area contributed by atoms with Crippen molar-refractivity contribution in [1.29, 1.82) is 0 Å². The minimum Gasteiger partial charge on any atom is -0.481 e. The summed E-state index contributed by atoms with van der Waals surface area (Å²) in [6.07, 6.45) is 9.28. The van der Waals surface area contributed by atoms with E-state index >= 15 is 0 Å². The van der Waals surface area contributed by atoms with Crippen LogP contribution < -0.4 is 5.32 Å². The Morgan fingerprint density at radius 1 is 1.10 bits per heavy atom. The summed E-state index contributed by atoms with van der Waals surface area (Å²) >= 11 is 0. The van der Waals surface area contributed by atoms with Gasteiger partial charge in [-0.05, 0) is 38.0 Å². The Morgan fingerprint density at radius 3 is 2.40 bits per heavy atom. The SMILES string of the molecule is O=C(O)CCCNC(=O)N(CC1CCCCC1)C1CC1. The summed E-state index contributed by atoms with van der Waals surface area (Å²) in [7, 11) is 0. The number of nitrogens with zero attached hydrogens (tertiary/aromatic N) is 1. The van der Waals surface area contributed by atoms with Crippen LogP contribution in [0.5, 0.6) is 0 Å². The van der Waals surface area contributed by atoms with Gasteiger partial charge in [-0.3, -0.25) is 4.79 Å². The number of hydrogen-bond acceptors (Lipinski definition) is 2. The molecule has 2 aliphatic rings. The van der Waals surface area contributed by atoms with E-state index in [9.17, 15) is 9.59 Å². The van der Waals surface area contributed by atoms with Crippen LogP contribution >= 0.6 is 0 Å². The molecule has 0 aromatic heterocycles. The lowest BCUT2D eigenvalue weighted by Crippen LogP contribution is -2.44. The third kappa shape index (κ3) is 5.02. The smallest absolute Gasteiger partial charge is 0.317 e. The topological polar surface area (TPSA) is 69.6 Å². The molecule has 2 amide bonds. The molecule has 2 N–H and O–H groups in total. The zero-order chi connectivity index (χ0) is 14.4. The number of nitrogens with one attached hydrogen (secondary N) is 1. The van der Waals surface area contributed by atoms with E-state index in [1.54, 1.807) is 0 Å². The molecule has 5 nitrogen and oxygen atoms in total. The van der Waals surface area contributed by atoms with Gasteiger partial charge in [0.25, 0.3) is 0 Å². The van der Waals surface area contributed by atoms with E-state index in [0.717, 1.165) is 19.4 Å². The quantitative estimate of drug-likeness (QED) is 0.705. The first kappa shape index (κ1) is 15.1. The summed E-state index contributed by atoms with van der Waals surface area (Å²) < 4.78 is 0. The maximum atomic E-state index is 12.2. The van der Waals surface area contributed by atoms with E-state index in [1.807, 2.05) is 4.90 Å². The number of carbonyl (C=O) groups excluding carboxylic acids is 1. The van der Waals surface area contributed by atoms with Crippen molar-refractivity contribution in [2.45, 2.75) is 63.8 Å². The van der Waals surface area contributed by atoms with Gasteiger partial charge in [0.15, 0.2) is 0 Å². The van der Waals surface area contributed by atoms with Crippen molar-refractivity contribution < 1.29 is 14.7 Å². The van der Waals surface area contributed by atoms with Crippen molar-refractivity contribution in [2.24, 2.45) is 5.92 Å². The number of rotatable bonds is 7. The molecule has 0 aromatic carbocycles.